The zero-order chi connectivity index (χ0) is 25.0. The van der Waals surface area contributed by atoms with Crippen molar-refractivity contribution in [3.05, 3.63) is 83.8 Å². The zero-order valence-corrected chi connectivity index (χ0v) is 19.9. The molecule has 35 heavy (non-hydrogen) atoms. The molecule has 10 heteroatoms. The monoisotopic (exact) mass is 496 g/mol. The Balaban J connectivity index is 1.41. The topological polar surface area (TPSA) is 108 Å². The van der Waals surface area contributed by atoms with E-state index >= 15 is 0 Å². The van der Waals surface area contributed by atoms with Gasteiger partial charge in [-0.25, -0.2) is 17.8 Å². The Labute approximate surface area is 203 Å². The van der Waals surface area contributed by atoms with Crippen LogP contribution < -0.4 is 10.0 Å². The molecule has 1 aliphatic rings. The van der Waals surface area contributed by atoms with E-state index in [9.17, 15) is 22.4 Å². The Hall–Kier alpha value is -3.79. The van der Waals surface area contributed by atoms with Crippen LogP contribution in [0.4, 0.5) is 15.9 Å². The fraction of sp³-hybridized carbons (Fsp3) is 0.240. The first-order valence-corrected chi connectivity index (χ1v) is 12.6. The molecule has 1 aliphatic heterocycles. The summed E-state index contributed by atoms with van der Waals surface area (Å²) in [7, 11) is -4.03. The van der Waals surface area contributed by atoms with Crippen LogP contribution in [-0.2, 0) is 14.8 Å². The van der Waals surface area contributed by atoms with Crippen LogP contribution in [-0.4, -0.2) is 43.2 Å². The van der Waals surface area contributed by atoms with Gasteiger partial charge in [-0.2, -0.15) is 0 Å². The molecule has 1 aromatic heterocycles. The molecule has 0 saturated carbocycles. The summed E-state index contributed by atoms with van der Waals surface area (Å²) < 4.78 is 41.2. The molecule has 0 radical (unpaired) electrons. The minimum Gasteiger partial charge on any atom is -0.338 e. The maximum atomic E-state index is 13.8. The lowest BCUT2D eigenvalue weighted by Gasteiger charge is -2.32. The fourth-order valence-corrected chi connectivity index (χ4v) is 4.92. The van der Waals surface area contributed by atoms with Crippen molar-refractivity contribution < 1.29 is 22.4 Å². The minimum atomic E-state index is -4.03. The summed E-state index contributed by atoms with van der Waals surface area (Å²) in [6, 6.07) is 14.5. The van der Waals surface area contributed by atoms with Gasteiger partial charge in [0.1, 0.15) is 11.6 Å². The largest absolute Gasteiger partial charge is 0.338 e. The van der Waals surface area contributed by atoms with Crippen LogP contribution in [0.1, 0.15) is 28.8 Å². The van der Waals surface area contributed by atoms with Gasteiger partial charge in [-0.1, -0.05) is 18.2 Å². The van der Waals surface area contributed by atoms with Crippen molar-refractivity contribution >= 4 is 33.3 Å². The van der Waals surface area contributed by atoms with E-state index in [0.29, 0.717) is 30.8 Å². The second-order valence-electron chi connectivity index (χ2n) is 8.41. The third-order valence-electron chi connectivity index (χ3n) is 5.77. The van der Waals surface area contributed by atoms with Crippen LogP contribution in [0, 0.1) is 18.7 Å². The van der Waals surface area contributed by atoms with E-state index in [4.69, 9.17) is 0 Å². The molecule has 0 bridgehead atoms. The highest BCUT2D eigenvalue weighted by molar-refractivity contribution is 7.92. The van der Waals surface area contributed by atoms with E-state index in [1.54, 1.807) is 17.2 Å². The number of amides is 2. The third kappa shape index (κ3) is 5.83. The number of piperidine rings is 1. The van der Waals surface area contributed by atoms with Gasteiger partial charge in [0.2, 0.25) is 5.91 Å². The lowest BCUT2D eigenvalue weighted by molar-refractivity contribution is -0.121. The third-order valence-corrected chi connectivity index (χ3v) is 7.15. The number of nitrogens with zero attached hydrogens (tertiary/aromatic N) is 2. The van der Waals surface area contributed by atoms with Gasteiger partial charge in [-0.05, 0) is 67.8 Å². The second kappa shape index (κ2) is 10.2. The lowest BCUT2D eigenvalue weighted by Crippen LogP contribution is -2.43. The number of aryl methyl sites for hydroxylation is 1. The molecule has 3 aromatic rings. The Kier molecular flexibility index (Phi) is 7.11. The normalized spacial score (nSPS) is 15.9. The van der Waals surface area contributed by atoms with Gasteiger partial charge in [-0.3, -0.25) is 14.3 Å². The predicted molar refractivity (Wildman–Crippen MR) is 130 cm³/mol. The van der Waals surface area contributed by atoms with Gasteiger partial charge in [0.05, 0.1) is 16.5 Å². The van der Waals surface area contributed by atoms with Crippen molar-refractivity contribution in [3.63, 3.8) is 0 Å². The Morgan fingerprint density at radius 1 is 1.06 bits per heavy atom. The standard InChI is InChI=1S/C25H25FN4O4S/c1-17-8-13-23(27-15-17)28-24(31)19-5-4-14-30(16-19)25(32)18-9-11-20(12-10-18)35(33,34)29-22-7-3-2-6-21(22)26/h2-3,6-13,15,19,29H,4-5,14,16H2,1H3,(H,27,28,31). The molecule has 0 spiro atoms. The Morgan fingerprint density at radius 3 is 2.49 bits per heavy atom. The highest BCUT2D eigenvalue weighted by Gasteiger charge is 2.29. The molecule has 2 heterocycles. The van der Waals surface area contributed by atoms with Crippen molar-refractivity contribution in [2.45, 2.75) is 24.7 Å². The molecule has 1 atom stereocenters. The van der Waals surface area contributed by atoms with Gasteiger partial charge < -0.3 is 10.2 Å². The molecule has 182 valence electrons. The molecule has 8 nitrogen and oxygen atoms in total. The highest BCUT2D eigenvalue weighted by atomic mass is 32.2. The number of nitrogens with one attached hydrogen (secondary N) is 2. The van der Waals surface area contributed by atoms with Crippen LogP contribution in [0.3, 0.4) is 0 Å². The van der Waals surface area contributed by atoms with Crippen molar-refractivity contribution in [2.24, 2.45) is 5.92 Å². The molecule has 4 rings (SSSR count). The highest BCUT2D eigenvalue weighted by Crippen LogP contribution is 2.22. The molecular weight excluding hydrogens is 471 g/mol. The van der Waals surface area contributed by atoms with E-state index in [1.807, 2.05) is 13.0 Å². The summed E-state index contributed by atoms with van der Waals surface area (Å²) in [6.07, 6.45) is 2.99. The number of hydrogen-bond acceptors (Lipinski definition) is 5. The zero-order valence-electron chi connectivity index (χ0n) is 19.1. The SMILES string of the molecule is Cc1ccc(NC(=O)C2CCCN(C(=O)c3ccc(S(=O)(=O)Nc4ccccc4F)cc3)C2)nc1. The molecule has 2 aromatic carbocycles. The fourth-order valence-electron chi connectivity index (χ4n) is 3.85. The van der Waals surface area contributed by atoms with Crippen LogP contribution in [0.2, 0.25) is 0 Å². The number of rotatable bonds is 6. The average Bonchev–Trinajstić information content (AvgIpc) is 2.86. The minimum absolute atomic E-state index is 0.0983. The number of pyridine rings is 1. The number of aromatic nitrogens is 1. The van der Waals surface area contributed by atoms with Crippen molar-refractivity contribution in [3.8, 4) is 0 Å². The first kappa shape index (κ1) is 24.3. The maximum Gasteiger partial charge on any atom is 0.261 e. The number of para-hydroxylation sites is 1. The molecule has 1 saturated heterocycles. The van der Waals surface area contributed by atoms with Crippen molar-refractivity contribution in [2.75, 3.05) is 23.1 Å². The number of halogens is 1. The summed E-state index contributed by atoms with van der Waals surface area (Å²) in [4.78, 5) is 31.4. The number of likely N-dealkylation sites (tertiary alicyclic amines) is 1. The summed E-state index contributed by atoms with van der Waals surface area (Å²) in [5.41, 5.74) is 1.13. The smallest absolute Gasteiger partial charge is 0.261 e. The van der Waals surface area contributed by atoms with Gasteiger partial charge in [0.15, 0.2) is 0 Å². The number of carbonyl (C=O) groups excluding carboxylic acids is 2. The first-order chi connectivity index (χ1) is 16.7. The lowest BCUT2D eigenvalue weighted by atomic mass is 9.96. The summed E-state index contributed by atoms with van der Waals surface area (Å²) in [6.45, 7) is 2.66. The van der Waals surface area contributed by atoms with Gasteiger partial charge in [-0.15, -0.1) is 0 Å². The Bertz CT molecular complexity index is 1330. The van der Waals surface area contributed by atoms with E-state index < -0.39 is 15.8 Å². The molecule has 1 unspecified atom stereocenters. The number of hydrogen-bond donors (Lipinski definition) is 2. The van der Waals surface area contributed by atoms with Gasteiger partial charge in [0.25, 0.3) is 15.9 Å². The van der Waals surface area contributed by atoms with Crippen LogP contribution in [0.15, 0.2) is 71.8 Å². The molecule has 1 fully saturated rings. The summed E-state index contributed by atoms with van der Waals surface area (Å²) >= 11 is 0. The summed E-state index contributed by atoms with van der Waals surface area (Å²) in [5.74, 6) is -1.09. The van der Waals surface area contributed by atoms with E-state index in [1.165, 1.54) is 42.5 Å². The number of anilines is 2. The van der Waals surface area contributed by atoms with Gasteiger partial charge in [0, 0.05) is 24.8 Å². The molecule has 0 aliphatic carbocycles. The van der Waals surface area contributed by atoms with Crippen molar-refractivity contribution in [1.29, 1.82) is 0 Å². The summed E-state index contributed by atoms with van der Waals surface area (Å²) in [5, 5.41) is 2.80. The van der Waals surface area contributed by atoms with Crippen molar-refractivity contribution in [1.82, 2.24) is 9.88 Å². The predicted octanol–water partition coefficient (Wildman–Crippen LogP) is 3.82. The average molecular weight is 497 g/mol. The molecule has 2 N–H and O–H groups in total. The van der Waals surface area contributed by atoms with E-state index in [0.717, 1.165) is 11.6 Å². The van der Waals surface area contributed by atoms with Crippen LogP contribution >= 0.6 is 0 Å². The van der Waals surface area contributed by atoms with Crippen LogP contribution in [0.5, 0.6) is 0 Å². The number of carbonyl (C=O) groups is 2. The molecular formula is C25H25FN4O4S. The Morgan fingerprint density at radius 2 is 1.80 bits per heavy atom. The van der Waals surface area contributed by atoms with E-state index in [2.05, 4.69) is 15.0 Å². The van der Waals surface area contributed by atoms with Crippen LogP contribution in [0.25, 0.3) is 0 Å². The quantitative estimate of drug-likeness (QED) is 0.539. The van der Waals surface area contributed by atoms with E-state index in [-0.39, 0.29) is 34.9 Å². The maximum absolute atomic E-state index is 13.8. The van der Waals surface area contributed by atoms with Gasteiger partial charge >= 0.3 is 0 Å². The number of sulfonamides is 1. The second-order valence-corrected chi connectivity index (χ2v) is 10.1. The molecule has 2 amide bonds. The first-order valence-electron chi connectivity index (χ1n) is 11.1. The number of benzene rings is 2.